The molecule has 200 valence electrons. The van der Waals surface area contributed by atoms with Crippen LogP contribution < -0.4 is 15.5 Å². The monoisotopic (exact) mass is 565 g/mol. The smallest absolute Gasteiger partial charge is 0.261 e. The first-order valence-corrected chi connectivity index (χ1v) is 12.4. The summed E-state index contributed by atoms with van der Waals surface area (Å²) in [5.41, 5.74) is 4.13. The van der Waals surface area contributed by atoms with E-state index in [4.69, 9.17) is 4.42 Å². The Hall–Kier alpha value is -3.79. The summed E-state index contributed by atoms with van der Waals surface area (Å²) >= 11 is 0. The number of nitrogens with zero attached hydrogens (tertiary/aromatic N) is 3. The molecular weight excluding hydrogens is 541 g/mol. The van der Waals surface area contributed by atoms with Gasteiger partial charge in [-0.25, -0.2) is 0 Å². The van der Waals surface area contributed by atoms with Gasteiger partial charge >= 0.3 is 0 Å². The lowest BCUT2D eigenvalue weighted by atomic mass is 9.83. The second-order valence-electron chi connectivity index (χ2n) is 9.71. The molecule has 2 N–H and O–H groups in total. The van der Waals surface area contributed by atoms with Crippen molar-refractivity contribution in [1.82, 2.24) is 15.6 Å². The largest absolute Gasteiger partial charge is 0.464 e. The van der Waals surface area contributed by atoms with Gasteiger partial charge in [-0.15, -0.1) is 24.8 Å². The van der Waals surface area contributed by atoms with E-state index in [1.165, 1.54) is 12.5 Å². The molecule has 7 rings (SSSR count). The van der Waals surface area contributed by atoms with Crippen molar-refractivity contribution >= 4 is 70.4 Å². The highest BCUT2D eigenvalue weighted by Crippen LogP contribution is 2.44. The third kappa shape index (κ3) is 4.17. The Bertz CT molecular complexity index is 1600. The molecule has 1 saturated heterocycles. The zero-order valence-corrected chi connectivity index (χ0v) is 22.3. The highest BCUT2D eigenvalue weighted by Gasteiger charge is 2.42. The lowest BCUT2D eigenvalue weighted by Crippen LogP contribution is -2.35. The van der Waals surface area contributed by atoms with Crippen molar-refractivity contribution in [2.45, 2.75) is 18.8 Å². The number of aromatic nitrogens is 1. The second kappa shape index (κ2) is 10.4. The lowest BCUT2D eigenvalue weighted by molar-refractivity contribution is -0.125. The number of anilines is 1. The first kappa shape index (κ1) is 26.8. The molecule has 0 saturated carbocycles. The van der Waals surface area contributed by atoms with Gasteiger partial charge in [-0.1, -0.05) is 18.2 Å². The predicted molar refractivity (Wildman–Crippen MR) is 151 cm³/mol. The number of nitrogens with one attached hydrogen (secondary N) is 2. The molecule has 0 bridgehead atoms. The van der Waals surface area contributed by atoms with Crippen LogP contribution in [0.5, 0.6) is 0 Å². The SMILES string of the molecule is Cl.Cl.O=C1NC(=O)C(c2cncc3ccoc23)=C1C1=NC=CN2CC(C(=O)C3CCNCC3)c3cccc1c32. The number of aliphatic imine (C=N–C) groups is 1. The van der Waals surface area contributed by atoms with E-state index in [2.05, 4.69) is 20.6 Å². The number of furan rings is 1. The van der Waals surface area contributed by atoms with Crippen LogP contribution >= 0.6 is 24.8 Å². The van der Waals surface area contributed by atoms with Gasteiger partial charge in [0.25, 0.3) is 11.8 Å². The molecule has 0 spiro atoms. The first-order valence-electron chi connectivity index (χ1n) is 12.4. The quantitative estimate of drug-likeness (QED) is 0.464. The predicted octanol–water partition coefficient (Wildman–Crippen LogP) is 3.53. The topological polar surface area (TPSA) is 117 Å². The number of carbonyl (C=O) groups is 3. The molecule has 0 radical (unpaired) electrons. The van der Waals surface area contributed by atoms with Crippen LogP contribution in [0.15, 0.2) is 70.3 Å². The zero-order valence-electron chi connectivity index (χ0n) is 20.7. The number of rotatable bonds is 4. The van der Waals surface area contributed by atoms with E-state index in [1.54, 1.807) is 18.5 Å². The summed E-state index contributed by atoms with van der Waals surface area (Å²) in [6.07, 6.45) is 9.86. The molecule has 1 unspecified atom stereocenters. The molecule has 2 aromatic heterocycles. The van der Waals surface area contributed by atoms with Crippen molar-refractivity contribution in [3.05, 3.63) is 77.6 Å². The van der Waals surface area contributed by atoms with Crippen LogP contribution in [0.4, 0.5) is 5.69 Å². The number of hydrogen-bond acceptors (Lipinski definition) is 8. The van der Waals surface area contributed by atoms with Gasteiger partial charge in [-0.2, -0.15) is 0 Å². The number of para-hydroxylation sites is 1. The van der Waals surface area contributed by atoms with Gasteiger partial charge in [-0.3, -0.25) is 29.7 Å². The molecule has 6 heterocycles. The van der Waals surface area contributed by atoms with Crippen LogP contribution in [-0.2, 0) is 14.4 Å². The van der Waals surface area contributed by atoms with Crippen LogP contribution in [0.1, 0.15) is 35.4 Å². The number of fused-ring (bicyclic) bond motifs is 1. The summed E-state index contributed by atoms with van der Waals surface area (Å²) in [6, 6.07) is 7.53. The molecule has 1 aromatic carbocycles. The number of halogens is 2. The minimum absolute atomic E-state index is 0. The number of carbonyl (C=O) groups excluding carboxylic acids is 3. The summed E-state index contributed by atoms with van der Waals surface area (Å²) in [6.45, 7) is 2.24. The van der Waals surface area contributed by atoms with Crippen LogP contribution in [-0.4, -0.2) is 47.9 Å². The third-order valence-electron chi connectivity index (χ3n) is 7.69. The number of piperidine rings is 1. The van der Waals surface area contributed by atoms with E-state index < -0.39 is 11.8 Å². The Labute approximate surface area is 236 Å². The minimum atomic E-state index is -0.526. The van der Waals surface area contributed by atoms with Crippen molar-refractivity contribution in [2.75, 3.05) is 24.5 Å². The highest BCUT2D eigenvalue weighted by molar-refractivity contribution is 6.48. The molecule has 9 nitrogen and oxygen atoms in total. The fourth-order valence-corrected chi connectivity index (χ4v) is 5.97. The zero-order chi connectivity index (χ0) is 25.1. The molecule has 0 aliphatic carbocycles. The van der Waals surface area contributed by atoms with Gasteiger partial charge < -0.3 is 14.6 Å². The number of ketones is 1. The average Bonchev–Trinajstić information content (AvgIpc) is 3.59. The van der Waals surface area contributed by atoms with E-state index in [1.807, 2.05) is 29.3 Å². The Morgan fingerprint density at radius 2 is 1.79 bits per heavy atom. The molecule has 4 aliphatic rings. The summed E-state index contributed by atoms with van der Waals surface area (Å²) in [5.74, 6) is -1.00. The Kier molecular flexibility index (Phi) is 7.15. The van der Waals surface area contributed by atoms with Crippen LogP contribution in [0.2, 0.25) is 0 Å². The minimum Gasteiger partial charge on any atom is -0.464 e. The van der Waals surface area contributed by atoms with Crippen molar-refractivity contribution in [3.8, 4) is 0 Å². The molecule has 11 heteroatoms. The van der Waals surface area contributed by atoms with Crippen molar-refractivity contribution in [1.29, 1.82) is 0 Å². The maximum atomic E-state index is 13.6. The summed E-state index contributed by atoms with van der Waals surface area (Å²) in [7, 11) is 0. The van der Waals surface area contributed by atoms with Gasteiger partial charge in [0.2, 0.25) is 0 Å². The Balaban J connectivity index is 0.00000154. The molecular formula is C28H25Cl2N5O4. The van der Waals surface area contributed by atoms with E-state index in [0.717, 1.165) is 42.6 Å². The fourth-order valence-electron chi connectivity index (χ4n) is 5.97. The molecule has 1 atom stereocenters. The van der Waals surface area contributed by atoms with Gasteiger partial charge in [-0.05, 0) is 37.6 Å². The van der Waals surface area contributed by atoms with Crippen LogP contribution in [0.3, 0.4) is 0 Å². The molecule has 3 aromatic rings. The maximum Gasteiger partial charge on any atom is 0.261 e. The van der Waals surface area contributed by atoms with Crippen molar-refractivity contribution in [3.63, 3.8) is 0 Å². The molecule has 1 fully saturated rings. The van der Waals surface area contributed by atoms with Crippen LogP contribution in [0, 0.1) is 5.92 Å². The second-order valence-corrected chi connectivity index (χ2v) is 9.71. The average molecular weight is 566 g/mol. The van der Waals surface area contributed by atoms with E-state index in [9.17, 15) is 14.4 Å². The number of hydrogen-bond donors (Lipinski definition) is 2. The third-order valence-corrected chi connectivity index (χ3v) is 7.69. The number of amides is 2. The van der Waals surface area contributed by atoms with Crippen LogP contribution in [0.25, 0.3) is 16.5 Å². The highest BCUT2D eigenvalue weighted by atomic mass is 35.5. The number of benzene rings is 1. The van der Waals surface area contributed by atoms with Crippen molar-refractivity contribution < 1.29 is 18.8 Å². The van der Waals surface area contributed by atoms with Gasteiger partial charge in [0.15, 0.2) is 0 Å². The molecule has 2 amide bonds. The summed E-state index contributed by atoms with van der Waals surface area (Å²) < 4.78 is 5.65. The number of pyridine rings is 1. The summed E-state index contributed by atoms with van der Waals surface area (Å²) in [4.78, 5) is 50.8. The lowest BCUT2D eigenvalue weighted by Gasteiger charge is -2.24. The summed E-state index contributed by atoms with van der Waals surface area (Å²) in [5, 5.41) is 6.49. The molecule has 39 heavy (non-hydrogen) atoms. The Morgan fingerprint density at radius 3 is 2.62 bits per heavy atom. The fraction of sp³-hybridized carbons (Fsp3) is 0.250. The normalized spacial score (nSPS) is 20.3. The van der Waals surface area contributed by atoms with E-state index in [-0.39, 0.29) is 53.6 Å². The van der Waals surface area contributed by atoms with Crippen molar-refractivity contribution in [2.24, 2.45) is 10.9 Å². The Morgan fingerprint density at radius 1 is 1.00 bits per heavy atom. The van der Waals surface area contributed by atoms with E-state index in [0.29, 0.717) is 29.0 Å². The standard InChI is InChI=1S/C28H23N5O4.2ClH/c34-25(15-4-7-29-8-5-15)20-14-33-10-9-31-23(18-3-1-2-17(20)24(18)33)22-21(27(35)32-28(22)36)19-13-30-12-16-6-11-37-26(16)19;;/h1-3,6,9-13,15,20,29H,4-5,7-8,14H2,(H,32,35,36);2*1H. The number of imide groups is 1. The van der Waals surface area contributed by atoms with E-state index >= 15 is 0 Å². The number of Topliss-reactive ketones (excluding diaryl/α,β-unsaturated/α-hetero) is 1. The van der Waals surface area contributed by atoms with Gasteiger partial charge in [0, 0.05) is 53.8 Å². The maximum absolute atomic E-state index is 13.6. The van der Waals surface area contributed by atoms with Gasteiger partial charge in [0.05, 0.1) is 34.7 Å². The first-order chi connectivity index (χ1) is 18.1. The van der Waals surface area contributed by atoms with Gasteiger partial charge in [0.1, 0.15) is 11.4 Å². The molecule has 4 aliphatic heterocycles.